The molecule has 3 aliphatic heterocycles. The van der Waals surface area contributed by atoms with E-state index in [0.29, 0.717) is 29.6 Å². The summed E-state index contributed by atoms with van der Waals surface area (Å²) >= 11 is 3.41. The van der Waals surface area contributed by atoms with Gasteiger partial charge >= 0.3 is 13.1 Å². The Morgan fingerprint density at radius 1 is 1.14 bits per heavy atom. The number of hydrogen-bond acceptors (Lipinski definition) is 9. The molecule has 1 aliphatic carbocycles. The first kappa shape index (κ1) is 28.3. The summed E-state index contributed by atoms with van der Waals surface area (Å²) in [5, 5.41) is 5.97. The Bertz CT molecular complexity index is 1580. The van der Waals surface area contributed by atoms with E-state index in [1.54, 1.807) is 35.5 Å². The molecule has 14 heteroatoms. The van der Waals surface area contributed by atoms with Crippen molar-refractivity contribution in [2.75, 3.05) is 28.2 Å². The molecule has 3 aromatic rings. The van der Waals surface area contributed by atoms with Crippen LogP contribution in [0.15, 0.2) is 45.5 Å². The van der Waals surface area contributed by atoms with E-state index in [9.17, 15) is 9.59 Å². The van der Waals surface area contributed by atoms with Gasteiger partial charge in [-0.1, -0.05) is 15.9 Å². The summed E-state index contributed by atoms with van der Waals surface area (Å²) in [6.07, 6.45) is 5.50. The normalized spacial score (nSPS) is 24.6. The molecule has 43 heavy (non-hydrogen) atoms. The van der Waals surface area contributed by atoms with Gasteiger partial charge in [0.15, 0.2) is 17.4 Å². The van der Waals surface area contributed by atoms with Crippen molar-refractivity contribution in [2.45, 2.75) is 70.2 Å². The first-order valence-corrected chi connectivity index (χ1v) is 15.4. The Labute approximate surface area is 258 Å². The number of nitrogens with one attached hydrogen (secondary N) is 2. The lowest BCUT2D eigenvalue weighted by Gasteiger charge is -2.35. The number of urea groups is 1. The van der Waals surface area contributed by atoms with Crippen molar-refractivity contribution in [1.82, 2.24) is 20.3 Å². The summed E-state index contributed by atoms with van der Waals surface area (Å²) in [7, 11) is -0.602. The molecule has 3 atom stereocenters. The fourth-order valence-corrected chi connectivity index (χ4v) is 6.18. The third kappa shape index (κ3) is 5.29. The number of fused-ring (bicyclic) bond motifs is 4. The second-order valence-corrected chi connectivity index (χ2v) is 13.5. The van der Waals surface area contributed by atoms with Gasteiger partial charge in [-0.15, -0.1) is 0 Å². The Hall–Kier alpha value is -3.49. The van der Waals surface area contributed by atoms with Gasteiger partial charge in [-0.3, -0.25) is 15.0 Å². The number of nitrogens with zero attached hydrogens (tertiary/aromatic N) is 5. The van der Waals surface area contributed by atoms with Crippen LogP contribution in [-0.2, 0) is 15.7 Å². The second kappa shape index (κ2) is 10.3. The van der Waals surface area contributed by atoms with Crippen LogP contribution in [-0.4, -0.2) is 70.4 Å². The highest BCUT2D eigenvalue weighted by atomic mass is 79.9. The molecular formula is C29H33BBrN7O5. The van der Waals surface area contributed by atoms with Crippen LogP contribution in [0.3, 0.4) is 0 Å². The molecule has 4 aliphatic rings. The quantitative estimate of drug-likeness (QED) is 0.385. The Morgan fingerprint density at radius 3 is 2.70 bits per heavy atom. The van der Waals surface area contributed by atoms with Gasteiger partial charge in [-0.25, -0.2) is 19.7 Å². The Morgan fingerprint density at radius 2 is 1.93 bits per heavy atom. The van der Waals surface area contributed by atoms with Crippen molar-refractivity contribution < 1.29 is 23.3 Å². The summed E-state index contributed by atoms with van der Waals surface area (Å²) < 4.78 is 18.9. The molecule has 3 aromatic heterocycles. The van der Waals surface area contributed by atoms with Gasteiger partial charge in [-0.2, -0.15) is 0 Å². The van der Waals surface area contributed by atoms with E-state index in [2.05, 4.69) is 41.4 Å². The Balaban J connectivity index is 1.00. The second-order valence-electron chi connectivity index (χ2n) is 12.6. The van der Waals surface area contributed by atoms with Crippen LogP contribution < -0.4 is 26.1 Å². The molecule has 12 nitrogen and oxygen atoms in total. The number of hydrogen-bond donors (Lipinski definition) is 2. The van der Waals surface area contributed by atoms with Crippen molar-refractivity contribution in [3.05, 3.63) is 52.7 Å². The van der Waals surface area contributed by atoms with E-state index < -0.39 is 18.3 Å². The van der Waals surface area contributed by atoms with E-state index in [-0.39, 0.29) is 35.6 Å². The van der Waals surface area contributed by atoms with Crippen molar-refractivity contribution in [2.24, 2.45) is 5.92 Å². The van der Waals surface area contributed by atoms with Crippen LogP contribution in [0.4, 0.5) is 22.1 Å². The molecule has 3 fully saturated rings. The minimum absolute atomic E-state index is 0.0144. The highest BCUT2D eigenvalue weighted by Crippen LogP contribution is 2.40. The van der Waals surface area contributed by atoms with E-state index in [1.165, 1.54) is 0 Å². The summed E-state index contributed by atoms with van der Waals surface area (Å²) in [5.74, 6) is 1.43. The van der Waals surface area contributed by atoms with Crippen LogP contribution in [0.5, 0.6) is 0 Å². The molecule has 7 rings (SSSR count). The fraction of sp³-hybridized carbons (Fsp3) is 0.483. The fourth-order valence-electron chi connectivity index (χ4n) is 5.84. The number of oxazole rings is 1. The largest absolute Gasteiger partial charge is 0.534 e. The molecule has 224 valence electrons. The number of aromatic nitrogens is 3. The molecule has 2 bridgehead atoms. The van der Waals surface area contributed by atoms with Gasteiger partial charge in [0, 0.05) is 36.2 Å². The molecule has 1 saturated carbocycles. The van der Waals surface area contributed by atoms with Crippen molar-refractivity contribution in [3.63, 3.8) is 0 Å². The number of anilines is 3. The monoisotopic (exact) mass is 649 g/mol. The predicted octanol–water partition coefficient (Wildman–Crippen LogP) is 3.52. The maximum absolute atomic E-state index is 13.4. The maximum Gasteiger partial charge on any atom is 0.534 e. The summed E-state index contributed by atoms with van der Waals surface area (Å²) in [4.78, 5) is 43.9. The maximum atomic E-state index is 13.4. The van der Waals surface area contributed by atoms with Crippen molar-refractivity contribution in [1.29, 1.82) is 0 Å². The molecule has 0 aromatic carbocycles. The zero-order valence-electron chi connectivity index (χ0n) is 24.5. The van der Waals surface area contributed by atoms with Crippen LogP contribution in [0.25, 0.3) is 0 Å². The van der Waals surface area contributed by atoms with Gasteiger partial charge in [0.25, 0.3) is 5.91 Å². The lowest BCUT2D eigenvalue weighted by Crippen LogP contribution is -2.48. The summed E-state index contributed by atoms with van der Waals surface area (Å²) in [5.41, 5.74) is 0.727. The van der Waals surface area contributed by atoms with E-state index in [4.69, 9.17) is 18.7 Å². The van der Waals surface area contributed by atoms with E-state index >= 15 is 0 Å². The first-order valence-electron chi connectivity index (χ1n) is 14.6. The SMILES string of the molecule is CC1(C)OB(c2cnc(CC3CC3NC(=O)c3ccc4c(n3)N(C(=O)Nc3cc(Br)ccn3)[C@H]3CCN4C3)o2)OC1(C)C. The van der Waals surface area contributed by atoms with E-state index in [0.717, 1.165) is 36.1 Å². The molecular weight excluding hydrogens is 617 g/mol. The van der Waals surface area contributed by atoms with Gasteiger partial charge in [-0.05, 0) is 70.7 Å². The third-order valence-electron chi connectivity index (χ3n) is 9.09. The van der Waals surface area contributed by atoms with Crippen LogP contribution in [0.1, 0.15) is 56.9 Å². The third-order valence-corrected chi connectivity index (χ3v) is 9.59. The molecule has 2 N–H and O–H groups in total. The van der Waals surface area contributed by atoms with E-state index in [1.807, 2.05) is 33.8 Å². The van der Waals surface area contributed by atoms with Gasteiger partial charge in [0.05, 0.1) is 29.1 Å². The lowest BCUT2D eigenvalue weighted by molar-refractivity contribution is 0.00578. The first-order chi connectivity index (χ1) is 20.5. The van der Waals surface area contributed by atoms with Crippen LogP contribution in [0.2, 0.25) is 0 Å². The molecule has 2 unspecified atom stereocenters. The van der Waals surface area contributed by atoms with Gasteiger partial charge < -0.3 is 23.9 Å². The number of pyridine rings is 2. The number of halogens is 1. The van der Waals surface area contributed by atoms with Crippen LogP contribution >= 0.6 is 15.9 Å². The summed E-state index contributed by atoms with van der Waals surface area (Å²) in [6.45, 7) is 9.53. The Kier molecular flexibility index (Phi) is 6.78. The standard InChI is InChI=1S/C29H33BBrN7O5/c1-28(2)29(3,4)43-30(42-28)22-14-33-24(41-22)12-16-11-20(16)35-26(39)19-5-6-21-25(34-19)38(18-8-10-37(21)15-18)27(40)36-23-13-17(31)7-9-32-23/h5-7,9,13-14,16,18,20H,8,10-12,15H2,1-4H3,(H,35,39)(H,32,36,40)/t16?,18-,20?/m0/s1. The number of amides is 3. The zero-order valence-corrected chi connectivity index (χ0v) is 26.1. The average molecular weight is 650 g/mol. The molecule has 0 spiro atoms. The topological polar surface area (TPSA) is 135 Å². The number of carbonyl (C=O) groups excluding carboxylic acids is 2. The molecule has 0 radical (unpaired) electrons. The predicted molar refractivity (Wildman–Crippen MR) is 164 cm³/mol. The lowest BCUT2D eigenvalue weighted by atomic mass is 9.87. The molecule has 2 saturated heterocycles. The smallest absolute Gasteiger partial charge is 0.449 e. The van der Waals surface area contributed by atoms with Gasteiger partial charge in [0.2, 0.25) is 0 Å². The number of rotatable bonds is 6. The molecule has 3 amide bonds. The van der Waals surface area contributed by atoms with Crippen LogP contribution in [0, 0.1) is 5.92 Å². The minimum atomic E-state index is -0.602. The number of carbonyl (C=O) groups is 2. The van der Waals surface area contributed by atoms with Gasteiger partial charge in [0.1, 0.15) is 11.5 Å². The minimum Gasteiger partial charge on any atom is -0.449 e. The van der Waals surface area contributed by atoms with Crippen molar-refractivity contribution in [3.8, 4) is 0 Å². The molecule has 6 heterocycles. The highest BCUT2D eigenvalue weighted by Gasteiger charge is 2.53. The average Bonchev–Trinajstić information content (AvgIpc) is 3.23. The summed E-state index contributed by atoms with van der Waals surface area (Å²) in [6, 6.07) is 6.76. The van der Waals surface area contributed by atoms with Crippen molar-refractivity contribution >= 4 is 58.0 Å². The zero-order chi connectivity index (χ0) is 30.1. The highest BCUT2D eigenvalue weighted by molar-refractivity contribution is 9.10.